The highest BCUT2D eigenvalue weighted by atomic mass is 33.1. The van der Waals surface area contributed by atoms with Crippen LogP contribution in [0.1, 0.15) is 40.5 Å². The number of Topliss-reactive ketones (excluding diaryl/α,β-unsaturated/α-hetero) is 1. The van der Waals surface area contributed by atoms with Crippen LogP contribution in [0.3, 0.4) is 0 Å². The van der Waals surface area contributed by atoms with Crippen LogP contribution < -0.4 is 0 Å². The number of nitrogens with zero attached hydrogens (tertiary/aromatic N) is 2. The Morgan fingerprint density at radius 3 is 2.44 bits per heavy atom. The quantitative estimate of drug-likeness (QED) is 0.394. The maximum absolute atomic E-state index is 13.7. The number of amides is 2. The number of aliphatic hydroxyl groups is 2. The van der Waals surface area contributed by atoms with E-state index in [4.69, 9.17) is 9.47 Å². The van der Waals surface area contributed by atoms with Crippen molar-refractivity contribution in [2.75, 3.05) is 13.7 Å². The molecule has 0 aromatic heterocycles. The van der Waals surface area contributed by atoms with Crippen LogP contribution >= 0.6 is 21.6 Å². The number of piperazine rings is 1. The van der Waals surface area contributed by atoms with Crippen molar-refractivity contribution in [2.24, 2.45) is 5.41 Å². The SMILES string of the molecule is CC(=O)OC1[C@]2(O)C[C@]34SS[C@](CO)(C(=O)N3C2C[C@]12O[C@H](C)C(C)(C)C2=O)N(C)C4=O. The predicted octanol–water partition coefficient (Wildman–Crippen LogP) is -0.341. The van der Waals surface area contributed by atoms with Crippen LogP contribution in [0.25, 0.3) is 0 Å². The molecule has 2 N–H and O–H groups in total. The van der Waals surface area contributed by atoms with E-state index in [1.54, 1.807) is 20.8 Å². The Hall–Kier alpha value is -1.34. The summed E-state index contributed by atoms with van der Waals surface area (Å²) in [5.74, 6) is -1.94. The molecule has 0 radical (unpaired) electrons. The topological polar surface area (TPSA) is 134 Å². The standard InChI is InChI=1S/C20H26N2O8S2/c1-9-16(3,4)12(25)18(30-9)6-11-17(28,13(18)29-10(2)24)7-19-14(26)21(5)20(8-23,32-31-19)15(27)22(11)19/h9,11,13,23,28H,6-8H2,1-5H3/t9-,11?,13?,17+,18-,19-,20-/m1/s1. The summed E-state index contributed by atoms with van der Waals surface area (Å²) < 4.78 is 11.7. The first kappa shape index (κ1) is 22.5. The van der Waals surface area contributed by atoms with E-state index >= 15 is 0 Å². The van der Waals surface area contributed by atoms with Crippen LogP contribution in [0, 0.1) is 5.41 Å². The summed E-state index contributed by atoms with van der Waals surface area (Å²) >= 11 is 0. The second-order valence-electron chi connectivity index (χ2n) is 10.0. The highest BCUT2D eigenvalue weighted by Crippen LogP contribution is 2.69. The number of ether oxygens (including phenoxy) is 2. The number of hydrogen-bond acceptors (Lipinski definition) is 10. The van der Waals surface area contributed by atoms with Gasteiger partial charge in [-0.2, -0.15) is 0 Å². The Morgan fingerprint density at radius 2 is 1.91 bits per heavy atom. The first-order valence-electron chi connectivity index (χ1n) is 10.5. The normalized spacial score (nSPS) is 48.6. The summed E-state index contributed by atoms with van der Waals surface area (Å²) in [7, 11) is 3.67. The summed E-state index contributed by atoms with van der Waals surface area (Å²) in [5, 5.41) is 22.1. The zero-order valence-electron chi connectivity index (χ0n) is 18.4. The molecule has 176 valence electrons. The number of carbonyl (C=O) groups excluding carboxylic acids is 4. The molecule has 2 bridgehead atoms. The smallest absolute Gasteiger partial charge is 0.303 e. The fraction of sp³-hybridized carbons (Fsp3) is 0.800. The molecule has 2 unspecified atom stereocenters. The van der Waals surface area contributed by atoms with Crippen molar-refractivity contribution >= 4 is 45.2 Å². The summed E-state index contributed by atoms with van der Waals surface area (Å²) in [5.41, 5.74) is -4.41. The number of fused-ring (bicyclic) bond motifs is 3. The van der Waals surface area contributed by atoms with Crippen LogP contribution in [-0.4, -0.2) is 96.4 Å². The van der Waals surface area contributed by atoms with Crippen molar-refractivity contribution in [3.63, 3.8) is 0 Å². The van der Waals surface area contributed by atoms with E-state index < -0.39 is 69.0 Å². The third kappa shape index (κ3) is 2.16. The third-order valence-electron chi connectivity index (χ3n) is 8.10. The van der Waals surface area contributed by atoms with Gasteiger partial charge >= 0.3 is 5.97 Å². The average molecular weight is 487 g/mol. The van der Waals surface area contributed by atoms with Gasteiger partial charge in [0.2, 0.25) is 4.87 Å². The molecule has 5 saturated heterocycles. The molecule has 5 heterocycles. The molecule has 1 aliphatic carbocycles. The van der Waals surface area contributed by atoms with E-state index in [1.165, 1.54) is 23.8 Å². The maximum Gasteiger partial charge on any atom is 0.303 e. The van der Waals surface area contributed by atoms with Gasteiger partial charge in [0.1, 0.15) is 5.60 Å². The van der Waals surface area contributed by atoms with Crippen molar-refractivity contribution in [3.8, 4) is 0 Å². The van der Waals surface area contributed by atoms with Crippen LogP contribution in [0.5, 0.6) is 0 Å². The maximum atomic E-state index is 13.7. The van der Waals surface area contributed by atoms with Gasteiger partial charge in [-0.1, -0.05) is 24.6 Å². The Labute approximate surface area is 192 Å². The molecule has 2 amide bonds. The van der Waals surface area contributed by atoms with Gasteiger partial charge in [0, 0.05) is 26.8 Å². The highest BCUT2D eigenvalue weighted by Gasteiger charge is 2.84. The zero-order valence-corrected chi connectivity index (χ0v) is 20.0. The molecule has 2 spiro atoms. The van der Waals surface area contributed by atoms with E-state index in [0.29, 0.717) is 0 Å². The molecule has 7 atom stereocenters. The molecule has 0 aromatic rings. The van der Waals surface area contributed by atoms with Crippen molar-refractivity contribution in [3.05, 3.63) is 0 Å². The zero-order chi connectivity index (χ0) is 23.6. The molecule has 10 nitrogen and oxygen atoms in total. The second-order valence-corrected chi connectivity index (χ2v) is 12.7. The summed E-state index contributed by atoms with van der Waals surface area (Å²) in [4.78, 5) is 52.4. The number of hydrogen-bond donors (Lipinski definition) is 2. The summed E-state index contributed by atoms with van der Waals surface area (Å²) in [6.07, 6.45) is -2.22. The van der Waals surface area contributed by atoms with Gasteiger partial charge in [0.25, 0.3) is 11.8 Å². The number of likely N-dealkylation sites (N-methyl/N-ethyl adjacent to an activating group) is 1. The van der Waals surface area contributed by atoms with Crippen molar-refractivity contribution < 1.29 is 38.9 Å². The molecule has 5 aliphatic heterocycles. The minimum atomic E-state index is -1.88. The van der Waals surface area contributed by atoms with Crippen molar-refractivity contribution in [1.82, 2.24) is 9.80 Å². The number of carbonyl (C=O) groups is 4. The first-order valence-corrected chi connectivity index (χ1v) is 12.6. The fourth-order valence-corrected chi connectivity index (χ4v) is 9.75. The van der Waals surface area contributed by atoms with Gasteiger partial charge in [-0.05, 0) is 17.7 Å². The number of rotatable bonds is 2. The van der Waals surface area contributed by atoms with E-state index in [2.05, 4.69) is 0 Å². The molecular weight excluding hydrogens is 460 g/mol. The monoisotopic (exact) mass is 486 g/mol. The lowest BCUT2D eigenvalue weighted by Crippen LogP contribution is -2.77. The average Bonchev–Trinajstić information content (AvgIpc) is 3.17. The molecule has 6 fully saturated rings. The second kappa shape index (κ2) is 6.21. The third-order valence-corrected chi connectivity index (χ3v) is 11.7. The minimum absolute atomic E-state index is 0.106. The molecule has 0 aromatic carbocycles. The summed E-state index contributed by atoms with van der Waals surface area (Å²) in [6.45, 7) is 5.80. The molecule has 1 saturated carbocycles. The molecule has 6 aliphatic rings. The van der Waals surface area contributed by atoms with Crippen LogP contribution in [0.15, 0.2) is 0 Å². The van der Waals surface area contributed by atoms with Gasteiger partial charge in [-0.3, -0.25) is 19.2 Å². The lowest BCUT2D eigenvalue weighted by Gasteiger charge is -2.58. The van der Waals surface area contributed by atoms with E-state index in [-0.39, 0.29) is 18.6 Å². The largest absolute Gasteiger partial charge is 0.456 e. The van der Waals surface area contributed by atoms with Gasteiger partial charge < -0.3 is 29.5 Å². The number of aliphatic hydroxyl groups excluding tert-OH is 1. The van der Waals surface area contributed by atoms with E-state index in [1.807, 2.05) is 0 Å². The highest BCUT2D eigenvalue weighted by molar-refractivity contribution is 8.78. The Morgan fingerprint density at radius 1 is 1.25 bits per heavy atom. The van der Waals surface area contributed by atoms with Gasteiger partial charge in [0.05, 0.1) is 24.2 Å². The van der Waals surface area contributed by atoms with Gasteiger partial charge in [-0.25, -0.2) is 0 Å². The molecule has 12 heteroatoms. The van der Waals surface area contributed by atoms with E-state index in [0.717, 1.165) is 21.6 Å². The van der Waals surface area contributed by atoms with Gasteiger partial charge in [0.15, 0.2) is 22.4 Å². The van der Waals surface area contributed by atoms with Crippen molar-refractivity contribution in [2.45, 2.75) is 79.7 Å². The summed E-state index contributed by atoms with van der Waals surface area (Å²) in [6, 6.07) is -0.999. The van der Waals surface area contributed by atoms with Gasteiger partial charge in [-0.15, -0.1) is 0 Å². The minimum Gasteiger partial charge on any atom is -0.456 e. The van der Waals surface area contributed by atoms with E-state index in [9.17, 15) is 29.4 Å². The molecule has 32 heavy (non-hydrogen) atoms. The Kier molecular flexibility index (Phi) is 4.35. The van der Waals surface area contributed by atoms with Crippen molar-refractivity contribution in [1.29, 1.82) is 0 Å². The molecular formula is C20H26N2O8S2. The Bertz CT molecular complexity index is 975. The predicted molar refractivity (Wildman–Crippen MR) is 113 cm³/mol. The lowest BCUT2D eigenvalue weighted by atomic mass is 9.76. The fourth-order valence-electron chi connectivity index (χ4n) is 6.10. The Balaban J connectivity index is 1.67. The number of esters is 1. The number of ketones is 1. The van der Waals surface area contributed by atoms with Crippen LogP contribution in [0.4, 0.5) is 0 Å². The molecule has 6 rings (SSSR count). The van der Waals surface area contributed by atoms with Crippen LogP contribution in [-0.2, 0) is 28.7 Å². The van der Waals surface area contributed by atoms with Crippen LogP contribution in [0.2, 0.25) is 0 Å². The first-order chi connectivity index (χ1) is 14.7. The lowest BCUT2D eigenvalue weighted by molar-refractivity contribution is -0.189.